The predicted octanol–water partition coefficient (Wildman–Crippen LogP) is 12.9. The summed E-state index contributed by atoms with van der Waals surface area (Å²) in [4.78, 5) is 19.9. The minimum absolute atomic E-state index is 0.922. The molecule has 7 aromatic carbocycles. The Morgan fingerprint density at radius 3 is 1.43 bits per heavy atom. The van der Waals surface area contributed by atoms with Crippen LogP contribution in [0.4, 0.5) is 0 Å². The van der Waals surface area contributed by atoms with Crippen molar-refractivity contribution in [2.75, 3.05) is 0 Å². The molecule has 0 bridgehead atoms. The minimum atomic E-state index is 0.922. The molecular weight excluding hydrogens is 657 g/mol. The van der Waals surface area contributed by atoms with Crippen molar-refractivity contribution in [1.29, 1.82) is 0 Å². The SMILES string of the molecule is c1ccc2c(-c3ccc4cc(-c5ccc6nc(-c7ccc(-c8ccc9ccc%10cccnc%10c9n8)cc7)ccc6c5)ccc4n3)c3ccccc3cc2c1. The predicted molar refractivity (Wildman–Crippen MR) is 224 cm³/mol. The van der Waals surface area contributed by atoms with Crippen LogP contribution in [-0.2, 0) is 0 Å². The molecule has 54 heavy (non-hydrogen) atoms. The molecule has 0 atom stereocenters. The van der Waals surface area contributed by atoms with Gasteiger partial charge in [0.05, 0.1) is 39.1 Å². The number of aromatic nitrogens is 4. The van der Waals surface area contributed by atoms with Gasteiger partial charge in [-0.2, -0.15) is 0 Å². The maximum atomic E-state index is 5.20. The largest absolute Gasteiger partial charge is 0.254 e. The van der Waals surface area contributed by atoms with Crippen molar-refractivity contribution in [3.05, 3.63) is 182 Å². The highest BCUT2D eigenvalue weighted by Gasteiger charge is 2.13. The lowest BCUT2D eigenvalue weighted by Crippen LogP contribution is -1.90. The molecule has 0 fully saturated rings. The van der Waals surface area contributed by atoms with E-state index in [1.54, 1.807) is 0 Å². The number of rotatable bonds is 4. The van der Waals surface area contributed by atoms with Gasteiger partial charge in [0.1, 0.15) is 0 Å². The maximum Gasteiger partial charge on any atom is 0.0972 e. The highest BCUT2D eigenvalue weighted by Crippen LogP contribution is 2.37. The Morgan fingerprint density at radius 1 is 0.296 bits per heavy atom. The molecule has 4 nitrogen and oxygen atoms in total. The van der Waals surface area contributed by atoms with Crippen molar-refractivity contribution in [2.45, 2.75) is 0 Å². The first-order valence-corrected chi connectivity index (χ1v) is 18.2. The summed E-state index contributed by atoms with van der Waals surface area (Å²) < 4.78 is 0. The molecule has 4 heterocycles. The van der Waals surface area contributed by atoms with Crippen molar-refractivity contribution in [1.82, 2.24) is 19.9 Å². The van der Waals surface area contributed by atoms with Gasteiger partial charge in [-0.15, -0.1) is 0 Å². The van der Waals surface area contributed by atoms with E-state index < -0.39 is 0 Å². The second-order valence-electron chi connectivity index (χ2n) is 13.9. The molecule has 0 aliphatic rings. The van der Waals surface area contributed by atoms with Crippen LogP contribution in [0.15, 0.2) is 182 Å². The normalized spacial score (nSPS) is 11.7. The molecule has 0 radical (unpaired) electrons. The topological polar surface area (TPSA) is 51.6 Å². The number of nitrogens with zero attached hydrogens (tertiary/aromatic N) is 4. The Morgan fingerprint density at radius 2 is 0.778 bits per heavy atom. The summed E-state index contributed by atoms with van der Waals surface area (Å²) in [5.41, 5.74) is 12.3. The second-order valence-corrected chi connectivity index (χ2v) is 13.9. The number of benzene rings is 7. The molecule has 0 spiro atoms. The van der Waals surface area contributed by atoms with Gasteiger partial charge < -0.3 is 0 Å². The van der Waals surface area contributed by atoms with Crippen molar-refractivity contribution in [3.63, 3.8) is 0 Å². The smallest absolute Gasteiger partial charge is 0.0972 e. The molecular formula is C50H30N4. The summed E-state index contributed by atoms with van der Waals surface area (Å²) in [5, 5.41) is 9.27. The highest BCUT2D eigenvalue weighted by molar-refractivity contribution is 6.12. The average Bonchev–Trinajstić information content (AvgIpc) is 3.24. The fourth-order valence-corrected chi connectivity index (χ4v) is 7.90. The third-order valence-electron chi connectivity index (χ3n) is 10.6. The van der Waals surface area contributed by atoms with Crippen LogP contribution in [0.25, 0.3) is 110 Å². The fourth-order valence-electron chi connectivity index (χ4n) is 7.90. The van der Waals surface area contributed by atoms with Gasteiger partial charge >= 0.3 is 0 Å². The van der Waals surface area contributed by atoms with Crippen LogP contribution in [0.5, 0.6) is 0 Å². The first-order valence-electron chi connectivity index (χ1n) is 18.2. The van der Waals surface area contributed by atoms with Crippen LogP contribution in [0, 0.1) is 0 Å². The van der Waals surface area contributed by atoms with Crippen LogP contribution >= 0.6 is 0 Å². The lowest BCUT2D eigenvalue weighted by molar-refractivity contribution is 1.36. The Hall–Kier alpha value is -7.30. The molecule has 0 amide bonds. The van der Waals surface area contributed by atoms with E-state index in [1.807, 2.05) is 12.3 Å². The van der Waals surface area contributed by atoms with Gasteiger partial charge in [0.25, 0.3) is 0 Å². The second kappa shape index (κ2) is 12.1. The molecule has 0 saturated heterocycles. The molecule has 0 unspecified atom stereocenters. The molecule has 0 aliphatic carbocycles. The van der Waals surface area contributed by atoms with E-state index in [0.717, 1.165) is 82.9 Å². The van der Waals surface area contributed by atoms with E-state index >= 15 is 0 Å². The quantitative estimate of drug-likeness (QED) is 0.137. The van der Waals surface area contributed by atoms with Crippen molar-refractivity contribution in [2.24, 2.45) is 0 Å². The maximum absolute atomic E-state index is 5.20. The fraction of sp³-hybridized carbons (Fsp3) is 0. The molecule has 4 heteroatoms. The number of pyridine rings is 4. The third kappa shape index (κ3) is 5.07. The highest BCUT2D eigenvalue weighted by atomic mass is 14.8. The molecule has 250 valence electrons. The standard InChI is InChI=1S/C50H30N4/c1-3-9-41-37(6-1)30-38-7-2-4-10-42(38)48(41)47-26-21-40-29-36(19-24-46(40)53-47)35-18-23-45-39(28-35)20-25-43(52-45)31-11-13-32(14-12-31)44-22-17-34-16-15-33-8-5-27-51-49(33)50(34)54-44/h1-30H. The van der Waals surface area contributed by atoms with Gasteiger partial charge in [-0.3, -0.25) is 4.98 Å². The lowest BCUT2D eigenvalue weighted by Gasteiger charge is -2.12. The summed E-state index contributed by atoms with van der Waals surface area (Å²) in [7, 11) is 0. The molecule has 0 saturated carbocycles. The number of hydrogen-bond acceptors (Lipinski definition) is 4. The van der Waals surface area contributed by atoms with Crippen molar-refractivity contribution < 1.29 is 0 Å². The molecule has 11 rings (SSSR count). The number of hydrogen-bond donors (Lipinski definition) is 0. The van der Waals surface area contributed by atoms with E-state index in [4.69, 9.17) is 15.0 Å². The monoisotopic (exact) mass is 686 g/mol. The van der Waals surface area contributed by atoms with Crippen LogP contribution in [0.1, 0.15) is 0 Å². The first-order chi connectivity index (χ1) is 26.7. The van der Waals surface area contributed by atoms with E-state index in [2.05, 4.69) is 175 Å². The summed E-state index contributed by atoms with van der Waals surface area (Å²) in [5.74, 6) is 0. The Labute approximate surface area is 311 Å². The molecule has 0 N–H and O–H groups in total. The van der Waals surface area contributed by atoms with E-state index in [1.165, 1.54) is 27.1 Å². The Kier molecular flexibility index (Phi) is 6.82. The summed E-state index contributed by atoms with van der Waals surface area (Å²) in [6, 6.07) is 62.1. The summed E-state index contributed by atoms with van der Waals surface area (Å²) >= 11 is 0. The van der Waals surface area contributed by atoms with Crippen LogP contribution in [0.2, 0.25) is 0 Å². The first kappa shape index (κ1) is 30.3. The Balaban J connectivity index is 0.887. The van der Waals surface area contributed by atoms with Crippen LogP contribution in [0.3, 0.4) is 0 Å². The third-order valence-corrected chi connectivity index (χ3v) is 10.6. The van der Waals surface area contributed by atoms with Gasteiger partial charge in [0, 0.05) is 44.4 Å². The van der Waals surface area contributed by atoms with Crippen LogP contribution in [-0.4, -0.2) is 19.9 Å². The van der Waals surface area contributed by atoms with Crippen LogP contribution < -0.4 is 0 Å². The van der Waals surface area contributed by atoms with Gasteiger partial charge in [0.2, 0.25) is 0 Å². The average molecular weight is 687 g/mol. The van der Waals surface area contributed by atoms with E-state index in [-0.39, 0.29) is 0 Å². The van der Waals surface area contributed by atoms with E-state index in [0.29, 0.717) is 0 Å². The molecule has 4 aromatic heterocycles. The van der Waals surface area contributed by atoms with Gasteiger partial charge in [-0.05, 0) is 87.3 Å². The molecule has 0 aliphatic heterocycles. The summed E-state index contributed by atoms with van der Waals surface area (Å²) in [6.45, 7) is 0. The zero-order valence-electron chi connectivity index (χ0n) is 29.1. The van der Waals surface area contributed by atoms with Gasteiger partial charge in [0.15, 0.2) is 0 Å². The van der Waals surface area contributed by atoms with E-state index in [9.17, 15) is 0 Å². The zero-order chi connectivity index (χ0) is 35.6. The van der Waals surface area contributed by atoms with Crippen molar-refractivity contribution >= 4 is 65.2 Å². The van der Waals surface area contributed by atoms with Crippen molar-refractivity contribution in [3.8, 4) is 44.9 Å². The zero-order valence-corrected chi connectivity index (χ0v) is 29.1. The summed E-state index contributed by atoms with van der Waals surface area (Å²) in [6.07, 6.45) is 1.83. The Bertz CT molecular complexity index is 3220. The minimum Gasteiger partial charge on any atom is -0.254 e. The molecule has 11 aromatic rings. The van der Waals surface area contributed by atoms with Gasteiger partial charge in [-0.25, -0.2) is 15.0 Å². The lowest BCUT2D eigenvalue weighted by atomic mass is 9.94. The number of fused-ring (bicyclic) bond motifs is 7. The van der Waals surface area contributed by atoms with Gasteiger partial charge in [-0.1, -0.05) is 121 Å².